The van der Waals surface area contributed by atoms with Gasteiger partial charge in [-0.15, -0.1) is 0 Å². The number of nitrogens with zero attached hydrogens (tertiary/aromatic N) is 1. The molecule has 0 aliphatic rings. The number of likely N-dealkylation sites (N-methyl/N-ethyl adjacent to an activating group) is 2. The van der Waals surface area contributed by atoms with Gasteiger partial charge in [0, 0.05) is 38.5 Å². The van der Waals surface area contributed by atoms with Gasteiger partial charge in [0.15, 0.2) is 5.78 Å². The molecule has 0 aromatic heterocycles. The van der Waals surface area contributed by atoms with Gasteiger partial charge in [0.2, 0.25) is 11.8 Å². The molecular formula is C17H25N3O4. The van der Waals surface area contributed by atoms with E-state index in [9.17, 15) is 14.4 Å². The Bertz CT molecular complexity index is 557. The summed E-state index contributed by atoms with van der Waals surface area (Å²) in [5, 5.41) is 5.50. The summed E-state index contributed by atoms with van der Waals surface area (Å²) in [5.41, 5.74) is 0.499. The maximum absolute atomic E-state index is 12.0. The van der Waals surface area contributed by atoms with Crippen LogP contribution in [-0.4, -0.2) is 63.3 Å². The monoisotopic (exact) mass is 335 g/mol. The molecule has 0 saturated carbocycles. The number of carbonyl (C=O) groups is 3. The predicted molar refractivity (Wildman–Crippen MR) is 91.1 cm³/mol. The Morgan fingerprint density at radius 3 is 2.38 bits per heavy atom. The smallest absolute Gasteiger partial charge is 0.222 e. The van der Waals surface area contributed by atoms with Crippen LogP contribution in [0.2, 0.25) is 0 Å². The van der Waals surface area contributed by atoms with Crippen molar-refractivity contribution in [1.29, 1.82) is 0 Å². The molecule has 0 aliphatic heterocycles. The van der Waals surface area contributed by atoms with Crippen molar-refractivity contribution in [2.24, 2.45) is 0 Å². The average Bonchev–Trinajstić information content (AvgIpc) is 2.61. The maximum Gasteiger partial charge on any atom is 0.222 e. The molecule has 0 spiro atoms. The van der Waals surface area contributed by atoms with E-state index in [0.29, 0.717) is 24.4 Å². The number of nitrogens with one attached hydrogen (secondary N) is 2. The molecule has 7 heteroatoms. The number of amides is 2. The summed E-state index contributed by atoms with van der Waals surface area (Å²) in [4.78, 5) is 37.1. The summed E-state index contributed by atoms with van der Waals surface area (Å²) in [7, 11) is 5.06. The minimum atomic E-state index is -0.313. The summed E-state index contributed by atoms with van der Waals surface area (Å²) < 4.78 is 5.02. The van der Waals surface area contributed by atoms with Gasteiger partial charge in [-0.2, -0.15) is 0 Å². The maximum atomic E-state index is 12.0. The van der Waals surface area contributed by atoms with E-state index in [1.165, 1.54) is 0 Å². The van der Waals surface area contributed by atoms with E-state index in [2.05, 4.69) is 10.6 Å². The molecule has 1 aromatic carbocycles. The zero-order valence-electron chi connectivity index (χ0n) is 14.4. The molecule has 0 saturated heterocycles. The number of methoxy groups -OCH3 is 1. The van der Waals surface area contributed by atoms with Gasteiger partial charge in [-0.1, -0.05) is 0 Å². The molecule has 1 rings (SSSR count). The SMILES string of the molecule is CNCCN(C)C(=O)CCC(=O)NCC(=O)c1ccc(OC)cc1. The molecule has 0 fully saturated rings. The molecule has 0 aliphatic carbocycles. The van der Waals surface area contributed by atoms with Crippen LogP contribution in [0.1, 0.15) is 23.2 Å². The lowest BCUT2D eigenvalue weighted by Crippen LogP contribution is -2.34. The van der Waals surface area contributed by atoms with Gasteiger partial charge in [-0.25, -0.2) is 0 Å². The number of benzene rings is 1. The normalized spacial score (nSPS) is 10.1. The van der Waals surface area contributed by atoms with Crippen molar-refractivity contribution in [3.05, 3.63) is 29.8 Å². The lowest BCUT2D eigenvalue weighted by Gasteiger charge is -2.16. The third-order valence-corrected chi connectivity index (χ3v) is 3.55. The van der Waals surface area contributed by atoms with Gasteiger partial charge >= 0.3 is 0 Å². The van der Waals surface area contributed by atoms with Gasteiger partial charge in [0.25, 0.3) is 0 Å². The molecule has 0 bridgehead atoms. The van der Waals surface area contributed by atoms with E-state index in [1.807, 2.05) is 7.05 Å². The summed E-state index contributed by atoms with van der Waals surface area (Å²) in [6.07, 6.45) is 0.196. The van der Waals surface area contributed by atoms with Crippen LogP contribution in [0, 0.1) is 0 Å². The number of carbonyl (C=O) groups excluding carboxylic acids is 3. The Kier molecular flexibility index (Phi) is 8.49. The molecule has 1 aromatic rings. The first-order chi connectivity index (χ1) is 11.5. The van der Waals surface area contributed by atoms with Crippen LogP contribution in [-0.2, 0) is 9.59 Å². The van der Waals surface area contributed by atoms with E-state index in [0.717, 1.165) is 0 Å². The van der Waals surface area contributed by atoms with E-state index in [-0.39, 0.29) is 37.0 Å². The van der Waals surface area contributed by atoms with E-state index in [4.69, 9.17) is 4.74 Å². The van der Waals surface area contributed by atoms with E-state index in [1.54, 1.807) is 43.3 Å². The zero-order chi connectivity index (χ0) is 17.9. The minimum absolute atomic E-state index is 0.0681. The number of rotatable bonds is 10. The highest BCUT2D eigenvalue weighted by atomic mass is 16.5. The van der Waals surface area contributed by atoms with Crippen molar-refractivity contribution in [1.82, 2.24) is 15.5 Å². The second-order valence-electron chi connectivity index (χ2n) is 5.35. The Hall–Kier alpha value is -2.41. The van der Waals surface area contributed by atoms with Crippen LogP contribution in [0.5, 0.6) is 5.75 Å². The van der Waals surface area contributed by atoms with Gasteiger partial charge in [-0.3, -0.25) is 14.4 Å². The molecule has 0 atom stereocenters. The van der Waals surface area contributed by atoms with Crippen LogP contribution in [0.4, 0.5) is 0 Å². The Labute approximate surface area is 142 Å². The second-order valence-corrected chi connectivity index (χ2v) is 5.35. The molecule has 2 amide bonds. The number of Topliss-reactive ketones (excluding diaryl/α,β-unsaturated/α-hetero) is 1. The highest BCUT2D eigenvalue weighted by Crippen LogP contribution is 2.11. The fraction of sp³-hybridized carbons (Fsp3) is 0.471. The predicted octanol–water partition coefficient (Wildman–Crippen LogP) is 0.452. The number of hydrogen-bond donors (Lipinski definition) is 2. The summed E-state index contributed by atoms with van der Waals surface area (Å²) in [6.45, 7) is 1.20. The first-order valence-electron chi connectivity index (χ1n) is 7.80. The van der Waals surface area contributed by atoms with E-state index >= 15 is 0 Å². The highest BCUT2D eigenvalue weighted by Gasteiger charge is 2.12. The number of hydrogen-bond acceptors (Lipinski definition) is 5. The molecule has 0 unspecified atom stereocenters. The van der Waals surface area contributed by atoms with Crippen molar-refractivity contribution in [2.45, 2.75) is 12.8 Å². The molecule has 24 heavy (non-hydrogen) atoms. The molecule has 132 valence electrons. The molecule has 0 radical (unpaired) electrons. The fourth-order valence-corrected chi connectivity index (χ4v) is 1.96. The standard InChI is InChI=1S/C17H25N3O4/c1-18-10-11-20(2)17(23)9-8-16(22)19-12-15(21)13-4-6-14(24-3)7-5-13/h4-7,18H,8-12H2,1-3H3,(H,19,22). The van der Waals surface area contributed by atoms with Gasteiger partial charge in [0.1, 0.15) is 5.75 Å². The van der Waals surface area contributed by atoms with Crippen molar-refractivity contribution < 1.29 is 19.1 Å². The molecular weight excluding hydrogens is 310 g/mol. The van der Waals surface area contributed by atoms with E-state index < -0.39 is 0 Å². The topological polar surface area (TPSA) is 87.7 Å². The van der Waals surface area contributed by atoms with Crippen LogP contribution < -0.4 is 15.4 Å². The van der Waals surface area contributed by atoms with Crippen LogP contribution in [0.15, 0.2) is 24.3 Å². The largest absolute Gasteiger partial charge is 0.497 e. The quantitative estimate of drug-likeness (QED) is 0.606. The lowest BCUT2D eigenvalue weighted by atomic mass is 10.1. The Balaban J connectivity index is 2.32. The Morgan fingerprint density at radius 1 is 1.12 bits per heavy atom. The fourth-order valence-electron chi connectivity index (χ4n) is 1.96. The molecule has 0 heterocycles. The van der Waals surface area contributed by atoms with Gasteiger partial charge in [-0.05, 0) is 31.3 Å². The van der Waals surface area contributed by atoms with Crippen LogP contribution >= 0.6 is 0 Å². The average molecular weight is 335 g/mol. The highest BCUT2D eigenvalue weighted by molar-refractivity contribution is 5.99. The minimum Gasteiger partial charge on any atom is -0.497 e. The van der Waals surface area contributed by atoms with Gasteiger partial charge < -0.3 is 20.3 Å². The van der Waals surface area contributed by atoms with Gasteiger partial charge in [0.05, 0.1) is 13.7 Å². The third kappa shape index (κ3) is 6.78. The second kappa shape index (κ2) is 10.4. The summed E-state index contributed by atoms with van der Waals surface area (Å²) in [6, 6.07) is 6.67. The van der Waals surface area contributed by atoms with Crippen LogP contribution in [0.3, 0.4) is 0 Å². The van der Waals surface area contributed by atoms with Crippen molar-refractivity contribution in [2.75, 3.05) is 40.8 Å². The summed E-state index contributed by atoms with van der Waals surface area (Å²) >= 11 is 0. The third-order valence-electron chi connectivity index (χ3n) is 3.55. The first kappa shape index (κ1) is 19.6. The summed E-state index contributed by atoms with van der Waals surface area (Å²) in [5.74, 6) is 0.0640. The molecule has 2 N–H and O–H groups in total. The zero-order valence-corrected chi connectivity index (χ0v) is 14.4. The first-order valence-corrected chi connectivity index (χ1v) is 7.80. The van der Waals surface area contributed by atoms with Crippen molar-refractivity contribution in [3.63, 3.8) is 0 Å². The Morgan fingerprint density at radius 2 is 1.79 bits per heavy atom. The van der Waals surface area contributed by atoms with Crippen molar-refractivity contribution >= 4 is 17.6 Å². The van der Waals surface area contributed by atoms with Crippen molar-refractivity contribution in [3.8, 4) is 5.75 Å². The lowest BCUT2D eigenvalue weighted by molar-refractivity contribution is -0.132. The van der Waals surface area contributed by atoms with Crippen LogP contribution in [0.25, 0.3) is 0 Å². The number of ether oxygens (including phenoxy) is 1. The number of ketones is 1. The molecule has 7 nitrogen and oxygen atoms in total.